The van der Waals surface area contributed by atoms with Gasteiger partial charge in [0.15, 0.2) is 5.78 Å². The molecule has 1 fully saturated rings. The molecule has 1 aromatic rings. The number of carbonyl (C=O) groups excluding carboxylic acids is 2. The van der Waals surface area contributed by atoms with Crippen molar-refractivity contribution >= 4 is 11.8 Å². The summed E-state index contributed by atoms with van der Waals surface area (Å²) in [6, 6.07) is 7.24. The zero-order valence-corrected chi connectivity index (χ0v) is 13.7. The second kappa shape index (κ2) is 5.48. The van der Waals surface area contributed by atoms with E-state index in [1.54, 1.807) is 18.2 Å². The van der Waals surface area contributed by atoms with E-state index in [2.05, 4.69) is 17.6 Å². The number of rotatable bonds is 3. The van der Waals surface area contributed by atoms with Crippen molar-refractivity contribution in [1.29, 1.82) is 0 Å². The van der Waals surface area contributed by atoms with E-state index >= 15 is 0 Å². The summed E-state index contributed by atoms with van der Waals surface area (Å²) in [7, 11) is 0. The van der Waals surface area contributed by atoms with Crippen molar-refractivity contribution < 1.29 is 14.4 Å². The number of allylic oxidation sites excluding steroid dienone is 5. The van der Waals surface area contributed by atoms with Crippen LogP contribution in [0.4, 0.5) is 0 Å². The maximum atomic E-state index is 12.3. The van der Waals surface area contributed by atoms with Crippen LogP contribution in [0.2, 0.25) is 0 Å². The van der Waals surface area contributed by atoms with E-state index in [9.17, 15) is 9.59 Å². The number of aryl methyl sites for hydroxylation is 1. The Balaban J connectivity index is 1.57. The van der Waals surface area contributed by atoms with Crippen LogP contribution < -0.4 is 5.48 Å². The molecule has 4 nitrogen and oxygen atoms in total. The Morgan fingerprint density at radius 1 is 1.17 bits per heavy atom. The summed E-state index contributed by atoms with van der Waals surface area (Å²) in [5.74, 6) is 0.196. The van der Waals surface area contributed by atoms with Gasteiger partial charge in [0.2, 0.25) is 0 Å². The van der Waals surface area contributed by atoms with E-state index in [1.165, 1.54) is 0 Å². The molecule has 1 saturated carbocycles. The predicted octanol–water partition coefficient (Wildman–Crippen LogP) is 3.26. The minimum Gasteiger partial charge on any atom is -0.338 e. The Labute approximate surface area is 140 Å². The number of hydrogen-bond acceptors (Lipinski definition) is 4. The normalized spacial score (nSPS) is 27.2. The lowest BCUT2D eigenvalue weighted by molar-refractivity contribution is -0.118. The second-order valence-electron chi connectivity index (χ2n) is 6.79. The van der Waals surface area contributed by atoms with Gasteiger partial charge in [0.05, 0.1) is 17.2 Å². The first kappa shape index (κ1) is 14.9. The molecule has 0 amide bonds. The fourth-order valence-corrected chi connectivity index (χ4v) is 3.96. The molecular weight excluding hydrogens is 302 g/mol. The lowest BCUT2D eigenvalue weighted by atomic mass is 9.79. The third-order valence-electron chi connectivity index (χ3n) is 5.16. The van der Waals surface area contributed by atoms with Crippen LogP contribution in [0.25, 0.3) is 0 Å². The molecule has 1 N–H and O–H groups in total. The SMILES string of the molecule is CC1=CC(=O)[C@@H]2C(=C1NOC(=O)c1ccc(C)cc1)[C@H]1C=C[C@@H]2C1. The van der Waals surface area contributed by atoms with Gasteiger partial charge in [-0.05, 0) is 55.5 Å². The summed E-state index contributed by atoms with van der Waals surface area (Å²) in [5, 5.41) is 0. The van der Waals surface area contributed by atoms with Gasteiger partial charge in [0.25, 0.3) is 0 Å². The highest BCUT2D eigenvalue weighted by molar-refractivity contribution is 5.98. The quantitative estimate of drug-likeness (QED) is 0.686. The molecule has 0 unspecified atom stereocenters. The van der Waals surface area contributed by atoms with Crippen LogP contribution in [0.5, 0.6) is 0 Å². The van der Waals surface area contributed by atoms with Gasteiger partial charge in [-0.2, -0.15) is 0 Å². The molecule has 3 atom stereocenters. The molecule has 24 heavy (non-hydrogen) atoms. The van der Waals surface area contributed by atoms with Gasteiger partial charge in [-0.1, -0.05) is 29.8 Å². The molecule has 4 rings (SSSR count). The van der Waals surface area contributed by atoms with Gasteiger partial charge in [-0.15, -0.1) is 0 Å². The monoisotopic (exact) mass is 321 g/mol. The number of carbonyl (C=O) groups is 2. The fraction of sp³-hybridized carbons (Fsp3) is 0.300. The molecule has 0 radical (unpaired) electrons. The van der Waals surface area contributed by atoms with E-state index < -0.39 is 5.97 Å². The summed E-state index contributed by atoms with van der Waals surface area (Å²) in [6.07, 6.45) is 6.93. The van der Waals surface area contributed by atoms with E-state index in [-0.39, 0.29) is 23.5 Å². The van der Waals surface area contributed by atoms with Crippen LogP contribution in [-0.4, -0.2) is 11.8 Å². The number of benzene rings is 1. The molecule has 122 valence electrons. The fourth-order valence-electron chi connectivity index (χ4n) is 3.96. The Morgan fingerprint density at radius 3 is 2.67 bits per heavy atom. The van der Waals surface area contributed by atoms with Gasteiger partial charge in [-0.3, -0.25) is 4.79 Å². The van der Waals surface area contributed by atoms with Crippen LogP contribution in [0.3, 0.4) is 0 Å². The standard InChI is InChI=1S/C20H19NO3/c1-11-3-5-13(6-4-11)20(23)24-21-19-12(2)9-16(22)17-14-7-8-15(10-14)18(17)19/h3-9,14-15,17,21H,10H2,1-2H3/t14-,15+,17-/m1/s1. The average Bonchev–Trinajstić information content (AvgIpc) is 3.16. The number of fused-ring (bicyclic) bond motifs is 5. The van der Waals surface area contributed by atoms with Crippen LogP contribution in [0.15, 0.2) is 59.3 Å². The number of ketones is 1. The van der Waals surface area contributed by atoms with Crippen molar-refractivity contribution in [1.82, 2.24) is 5.48 Å². The largest absolute Gasteiger partial charge is 0.362 e. The van der Waals surface area contributed by atoms with Crippen molar-refractivity contribution in [3.63, 3.8) is 0 Å². The van der Waals surface area contributed by atoms with Crippen LogP contribution in [0, 0.1) is 24.7 Å². The van der Waals surface area contributed by atoms with Gasteiger partial charge in [0.1, 0.15) is 0 Å². The average molecular weight is 321 g/mol. The zero-order valence-electron chi connectivity index (χ0n) is 13.7. The van der Waals surface area contributed by atoms with Crippen LogP contribution in [-0.2, 0) is 9.63 Å². The summed E-state index contributed by atoms with van der Waals surface area (Å²) in [6.45, 7) is 3.84. The smallest absolute Gasteiger partial charge is 0.338 e. The first-order valence-corrected chi connectivity index (χ1v) is 8.23. The molecule has 0 spiro atoms. The zero-order chi connectivity index (χ0) is 16.8. The predicted molar refractivity (Wildman–Crippen MR) is 89.7 cm³/mol. The molecule has 1 aromatic carbocycles. The first-order chi connectivity index (χ1) is 11.5. The minimum absolute atomic E-state index is 0.0933. The highest BCUT2D eigenvalue weighted by Gasteiger charge is 2.47. The summed E-state index contributed by atoms with van der Waals surface area (Å²) in [4.78, 5) is 29.9. The van der Waals surface area contributed by atoms with E-state index in [4.69, 9.17) is 4.84 Å². The molecule has 3 aliphatic rings. The highest BCUT2D eigenvalue weighted by Crippen LogP contribution is 2.51. The maximum Gasteiger partial charge on any atom is 0.362 e. The Kier molecular flexibility index (Phi) is 3.41. The molecule has 4 heteroatoms. The van der Waals surface area contributed by atoms with Crippen molar-refractivity contribution in [2.45, 2.75) is 20.3 Å². The van der Waals surface area contributed by atoms with Crippen LogP contribution >= 0.6 is 0 Å². The Bertz CT molecular complexity index is 814. The van der Waals surface area contributed by atoms with Crippen molar-refractivity contribution in [2.24, 2.45) is 17.8 Å². The third-order valence-corrected chi connectivity index (χ3v) is 5.16. The first-order valence-electron chi connectivity index (χ1n) is 8.23. The molecule has 2 bridgehead atoms. The molecular formula is C20H19NO3. The lowest BCUT2D eigenvalue weighted by Gasteiger charge is -2.27. The van der Waals surface area contributed by atoms with E-state index in [0.29, 0.717) is 5.56 Å². The number of nitrogens with one attached hydrogen (secondary N) is 1. The van der Waals surface area contributed by atoms with Gasteiger partial charge in [0, 0.05) is 5.92 Å². The van der Waals surface area contributed by atoms with Gasteiger partial charge >= 0.3 is 5.97 Å². The number of hydrogen-bond donors (Lipinski definition) is 1. The van der Waals surface area contributed by atoms with Crippen molar-refractivity contribution in [3.05, 3.63) is 70.5 Å². The van der Waals surface area contributed by atoms with Crippen molar-refractivity contribution in [2.75, 3.05) is 0 Å². The Hall–Kier alpha value is -2.62. The highest BCUT2D eigenvalue weighted by atomic mass is 16.7. The number of hydroxylamine groups is 1. The summed E-state index contributed by atoms with van der Waals surface area (Å²) in [5.41, 5.74) is 7.11. The van der Waals surface area contributed by atoms with Gasteiger partial charge < -0.3 is 4.84 Å². The Morgan fingerprint density at radius 2 is 1.92 bits per heavy atom. The van der Waals surface area contributed by atoms with E-state index in [0.717, 1.165) is 28.8 Å². The van der Waals surface area contributed by atoms with E-state index in [1.807, 2.05) is 26.0 Å². The molecule has 0 aromatic heterocycles. The molecule has 0 aliphatic heterocycles. The molecule has 3 aliphatic carbocycles. The topological polar surface area (TPSA) is 55.4 Å². The maximum absolute atomic E-state index is 12.3. The lowest BCUT2D eigenvalue weighted by Crippen LogP contribution is -2.30. The summed E-state index contributed by atoms with van der Waals surface area (Å²) < 4.78 is 0. The van der Waals surface area contributed by atoms with Crippen LogP contribution in [0.1, 0.15) is 29.3 Å². The molecule has 0 heterocycles. The minimum atomic E-state index is -0.428. The second-order valence-corrected chi connectivity index (χ2v) is 6.79. The van der Waals surface area contributed by atoms with Crippen molar-refractivity contribution in [3.8, 4) is 0 Å². The molecule has 0 saturated heterocycles. The third kappa shape index (κ3) is 2.30. The van der Waals surface area contributed by atoms with Gasteiger partial charge in [-0.25, -0.2) is 10.3 Å². The summed E-state index contributed by atoms with van der Waals surface area (Å²) >= 11 is 0.